The van der Waals surface area contributed by atoms with Crippen molar-refractivity contribution in [3.8, 4) is 0 Å². The van der Waals surface area contributed by atoms with Gasteiger partial charge in [0.2, 0.25) is 0 Å². The van der Waals surface area contributed by atoms with Gasteiger partial charge >= 0.3 is 5.97 Å². The fourth-order valence-corrected chi connectivity index (χ4v) is 2.61. The van der Waals surface area contributed by atoms with Crippen molar-refractivity contribution < 1.29 is 18.6 Å². The monoisotopic (exact) mass is 230 g/mol. The lowest BCUT2D eigenvalue weighted by Gasteiger charge is -2.27. The first-order chi connectivity index (χ1) is 7.26. The highest BCUT2D eigenvalue weighted by Gasteiger charge is 2.33. The Labute approximate surface area is 88.1 Å². The van der Waals surface area contributed by atoms with Crippen molar-refractivity contribution >= 4 is 14.5 Å². The van der Waals surface area contributed by atoms with Crippen LogP contribution in [0.4, 0.5) is 0 Å². The van der Waals surface area contributed by atoms with Gasteiger partial charge in [0.15, 0.2) is 6.10 Å². The minimum absolute atomic E-state index is 0.382. The fraction of sp³-hybridized carbons (Fsp3) is 0.500. The first-order valence-electron chi connectivity index (χ1n) is 4.36. The smallest absolute Gasteiger partial charge is 0.335 e. The SMILES string of the molecule is COC(=O)C1Cc2cncn2P(OC)O1. The maximum Gasteiger partial charge on any atom is 0.335 e. The minimum Gasteiger partial charge on any atom is -0.467 e. The zero-order valence-corrected chi connectivity index (χ0v) is 9.31. The zero-order valence-electron chi connectivity index (χ0n) is 8.41. The molecule has 1 aromatic heterocycles. The average molecular weight is 230 g/mol. The molecular formula is C8H11N2O4P. The van der Waals surface area contributed by atoms with E-state index in [1.807, 2.05) is 0 Å². The molecule has 0 bridgehead atoms. The van der Waals surface area contributed by atoms with E-state index in [1.54, 1.807) is 16.9 Å². The highest BCUT2D eigenvalue weighted by atomic mass is 31.2. The number of methoxy groups -OCH3 is 1. The van der Waals surface area contributed by atoms with Gasteiger partial charge in [-0.1, -0.05) is 0 Å². The molecule has 2 heterocycles. The third-order valence-electron chi connectivity index (χ3n) is 2.10. The van der Waals surface area contributed by atoms with Gasteiger partial charge in [-0.2, -0.15) is 0 Å². The van der Waals surface area contributed by atoms with Crippen LogP contribution in [0.15, 0.2) is 12.5 Å². The van der Waals surface area contributed by atoms with E-state index in [4.69, 9.17) is 9.05 Å². The maximum atomic E-state index is 11.3. The summed E-state index contributed by atoms with van der Waals surface area (Å²) in [5.74, 6) is -0.382. The van der Waals surface area contributed by atoms with E-state index < -0.39 is 14.6 Å². The number of hydrogen-bond donors (Lipinski definition) is 0. The van der Waals surface area contributed by atoms with Gasteiger partial charge in [0.05, 0.1) is 7.11 Å². The zero-order chi connectivity index (χ0) is 10.8. The van der Waals surface area contributed by atoms with Crippen LogP contribution in [-0.2, 0) is 25.0 Å². The molecule has 15 heavy (non-hydrogen) atoms. The van der Waals surface area contributed by atoms with Gasteiger partial charge in [0, 0.05) is 25.4 Å². The van der Waals surface area contributed by atoms with Crippen molar-refractivity contribution in [3.63, 3.8) is 0 Å². The topological polar surface area (TPSA) is 62.6 Å². The molecule has 0 aromatic carbocycles. The van der Waals surface area contributed by atoms with E-state index >= 15 is 0 Å². The molecule has 7 heteroatoms. The third kappa shape index (κ3) is 1.88. The number of imidazole rings is 1. The predicted octanol–water partition coefficient (Wildman–Crippen LogP) is 0.719. The lowest BCUT2D eigenvalue weighted by atomic mass is 10.2. The Hall–Kier alpha value is -0.970. The Morgan fingerprint density at radius 2 is 2.53 bits per heavy atom. The van der Waals surface area contributed by atoms with E-state index in [-0.39, 0.29) is 5.97 Å². The molecule has 0 radical (unpaired) electrons. The molecule has 0 saturated heterocycles. The van der Waals surface area contributed by atoms with Crippen molar-refractivity contribution in [2.45, 2.75) is 12.5 Å². The van der Waals surface area contributed by atoms with E-state index in [1.165, 1.54) is 14.2 Å². The van der Waals surface area contributed by atoms with Crippen LogP contribution >= 0.6 is 8.53 Å². The first kappa shape index (κ1) is 10.5. The Morgan fingerprint density at radius 3 is 3.20 bits per heavy atom. The summed E-state index contributed by atoms with van der Waals surface area (Å²) in [5, 5.41) is 0. The van der Waals surface area contributed by atoms with Gasteiger partial charge in [0.25, 0.3) is 8.53 Å². The lowest BCUT2D eigenvalue weighted by molar-refractivity contribution is -0.149. The number of carbonyl (C=O) groups excluding carboxylic acids is 1. The molecule has 2 atom stereocenters. The van der Waals surface area contributed by atoms with Crippen molar-refractivity contribution in [2.75, 3.05) is 14.2 Å². The second-order valence-corrected chi connectivity index (χ2v) is 4.45. The van der Waals surface area contributed by atoms with Crippen LogP contribution in [0.3, 0.4) is 0 Å². The number of hydrogen-bond acceptors (Lipinski definition) is 5. The van der Waals surface area contributed by atoms with Crippen LogP contribution in [-0.4, -0.2) is 35.6 Å². The van der Waals surface area contributed by atoms with E-state index in [2.05, 4.69) is 9.72 Å². The fourth-order valence-electron chi connectivity index (χ4n) is 1.38. The van der Waals surface area contributed by atoms with Crippen LogP contribution in [0.25, 0.3) is 0 Å². The molecule has 0 N–H and O–H groups in total. The predicted molar refractivity (Wildman–Crippen MR) is 52.1 cm³/mol. The normalized spacial score (nSPS) is 24.7. The van der Waals surface area contributed by atoms with Crippen molar-refractivity contribution in [3.05, 3.63) is 18.2 Å². The number of fused-ring (bicyclic) bond motifs is 1. The Morgan fingerprint density at radius 1 is 1.73 bits per heavy atom. The van der Waals surface area contributed by atoms with Gasteiger partial charge in [0.1, 0.15) is 6.33 Å². The van der Waals surface area contributed by atoms with Gasteiger partial charge in [-0.25, -0.2) is 9.78 Å². The number of carbonyl (C=O) groups is 1. The van der Waals surface area contributed by atoms with Crippen LogP contribution in [0.1, 0.15) is 5.69 Å². The number of rotatable bonds is 2. The molecule has 82 valence electrons. The van der Waals surface area contributed by atoms with Gasteiger partial charge in [-0.15, -0.1) is 0 Å². The minimum atomic E-state index is -1.27. The molecule has 0 saturated carbocycles. The van der Waals surface area contributed by atoms with E-state index in [0.29, 0.717) is 6.42 Å². The summed E-state index contributed by atoms with van der Waals surface area (Å²) < 4.78 is 17.1. The molecule has 2 rings (SSSR count). The standard InChI is InChI=1S/C8H11N2O4P/c1-12-8(11)7-3-6-4-9-5-10(6)15(13-2)14-7/h4-5,7H,3H2,1-2H3. The number of nitrogens with zero attached hydrogens (tertiary/aromatic N) is 2. The van der Waals surface area contributed by atoms with Crippen LogP contribution in [0.2, 0.25) is 0 Å². The molecule has 6 nitrogen and oxygen atoms in total. The summed E-state index contributed by atoms with van der Waals surface area (Å²) in [6, 6.07) is 0. The Bertz CT molecular complexity index is 367. The Kier molecular flexibility index (Phi) is 3.00. The summed E-state index contributed by atoms with van der Waals surface area (Å²) in [7, 11) is 1.60. The van der Waals surface area contributed by atoms with Crippen molar-refractivity contribution in [2.24, 2.45) is 0 Å². The molecule has 0 aliphatic carbocycles. The van der Waals surface area contributed by atoms with Crippen LogP contribution < -0.4 is 0 Å². The molecule has 1 aliphatic heterocycles. The quantitative estimate of drug-likeness (QED) is 0.553. The molecule has 0 amide bonds. The van der Waals surface area contributed by atoms with Crippen molar-refractivity contribution in [1.82, 2.24) is 9.32 Å². The average Bonchev–Trinajstić information content (AvgIpc) is 2.74. The van der Waals surface area contributed by atoms with Gasteiger partial charge < -0.3 is 13.8 Å². The maximum absolute atomic E-state index is 11.3. The second kappa shape index (κ2) is 4.26. The molecule has 2 unspecified atom stereocenters. The van der Waals surface area contributed by atoms with E-state index in [0.717, 1.165) is 5.69 Å². The number of esters is 1. The Balaban J connectivity index is 2.22. The number of aromatic nitrogens is 2. The molecule has 1 aromatic rings. The summed E-state index contributed by atoms with van der Waals surface area (Å²) in [6.45, 7) is 0. The van der Waals surface area contributed by atoms with Gasteiger partial charge in [-0.3, -0.25) is 4.34 Å². The first-order valence-corrected chi connectivity index (χ1v) is 5.49. The lowest BCUT2D eigenvalue weighted by Crippen LogP contribution is -2.31. The van der Waals surface area contributed by atoms with Crippen LogP contribution in [0.5, 0.6) is 0 Å². The highest BCUT2D eigenvalue weighted by molar-refractivity contribution is 7.45. The summed E-state index contributed by atoms with van der Waals surface area (Å²) >= 11 is 0. The van der Waals surface area contributed by atoms with E-state index in [9.17, 15) is 4.79 Å². The summed E-state index contributed by atoms with van der Waals surface area (Å²) in [5.41, 5.74) is 0.921. The molecule has 0 spiro atoms. The molecule has 0 fully saturated rings. The second-order valence-electron chi connectivity index (χ2n) is 2.97. The van der Waals surface area contributed by atoms with Crippen LogP contribution in [0, 0.1) is 0 Å². The largest absolute Gasteiger partial charge is 0.467 e. The van der Waals surface area contributed by atoms with Gasteiger partial charge in [-0.05, 0) is 0 Å². The summed E-state index contributed by atoms with van der Waals surface area (Å²) in [4.78, 5) is 15.3. The number of ether oxygens (including phenoxy) is 1. The van der Waals surface area contributed by atoms with Crippen molar-refractivity contribution in [1.29, 1.82) is 0 Å². The molecular weight excluding hydrogens is 219 g/mol. The molecule has 1 aliphatic rings. The highest BCUT2D eigenvalue weighted by Crippen LogP contribution is 2.45. The third-order valence-corrected chi connectivity index (χ3v) is 3.56. The summed E-state index contributed by atoms with van der Waals surface area (Å²) in [6.07, 6.45) is 3.21.